The second-order valence-corrected chi connectivity index (χ2v) is 12.7. The fourth-order valence-electron chi connectivity index (χ4n) is 3.95. The minimum absolute atomic E-state index is 0. The second kappa shape index (κ2) is 23.5. The zero-order valence-electron chi connectivity index (χ0n) is 24.1. The van der Waals surface area contributed by atoms with Crippen LogP contribution in [0.4, 0.5) is 0 Å². The summed E-state index contributed by atoms with van der Waals surface area (Å²) in [7, 11) is 0. The number of nitrogens with zero attached hydrogens (tertiary/aromatic N) is 3. The number of hydrogen-bond acceptors (Lipinski definition) is 7. The quantitative estimate of drug-likeness (QED) is 0.148. The van der Waals surface area contributed by atoms with E-state index in [0.717, 1.165) is 26.2 Å². The number of hydrogen-bond donors (Lipinski definition) is 2. The summed E-state index contributed by atoms with van der Waals surface area (Å²) in [5, 5.41) is 14.2. The van der Waals surface area contributed by atoms with Crippen LogP contribution in [0.15, 0.2) is 0 Å². The van der Waals surface area contributed by atoms with Crippen LogP contribution in [0.25, 0.3) is 0 Å². The average molecular weight is 631 g/mol. The van der Waals surface area contributed by atoms with Gasteiger partial charge in [0, 0.05) is 50.3 Å². The minimum Gasteiger partial charge on any atom is -0.411 e. The van der Waals surface area contributed by atoms with E-state index in [2.05, 4.69) is 70.5 Å². The van der Waals surface area contributed by atoms with Crippen molar-refractivity contribution in [3.8, 4) is 0 Å². The molecule has 0 atom stereocenters. The first-order valence-electron chi connectivity index (χ1n) is 13.4. The Bertz CT molecular complexity index is 506. The summed E-state index contributed by atoms with van der Waals surface area (Å²) in [6, 6.07) is 0. The Morgan fingerprint density at radius 2 is 0.972 bits per heavy atom. The molecule has 1 saturated heterocycles. The third-order valence-electron chi connectivity index (χ3n) is 5.48. The van der Waals surface area contributed by atoms with E-state index in [0.29, 0.717) is 21.7 Å². The molecule has 0 aromatic carbocycles. The maximum absolute atomic E-state index is 9.37. The predicted octanol–water partition coefficient (Wildman–Crippen LogP) is 6.28. The van der Waals surface area contributed by atoms with Crippen molar-refractivity contribution in [1.82, 2.24) is 20.2 Å². The van der Waals surface area contributed by atoms with Crippen molar-refractivity contribution >= 4 is 58.3 Å². The average Bonchev–Trinajstić information content (AvgIpc) is 2.71. The van der Waals surface area contributed by atoms with Crippen molar-refractivity contribution in [2.75, 3.05) is 39.3 Å². The summed E-state index contributed by atoms with van der Waals surface area (Å²) in [6.45, 7) is 22.7. The van der Waals surface area contributed by atoms with Gasteiger partial charge in [-0.1, -0.05) is 62.0 Å². The van der Waals surface area contributed by atoms with Gasteiger partial charge in [-0.05, 0) is 53.4 Å². The maximum Gasteiger partial charge on any atom is 2.00 e. The molecule has 219 valence electrons. The molecule has 0 aliphatic carbocycles. The molecule has 2 N–H and O–H groups in total. The molecule has 0 aromatic heterocycles. The Morgan fingerprint density at radius 3 is 1.14 bits per heavy atom. The first-order valence-corrected chi connectivity index (χ1v) is 15.0. The van der Waals surface area contributed by atoms with Crippen LogP contribution >= 0.6 is 24.4 Å². The summed E-state index contributed by atoms with van der Waals surface area (Å²) in [4.78, 5) is 4.27. The number of thiocarbonyl (C=S) groups is 2. The van der Waals surface area contributed by atoms with Crippen molar-refractivity contribution in [1.29, 1.82) is 0 Å². The van der Waals surface area contributed by atoms with E-state index >= 15 is 0 Å². The molecule has 1 heterocycles. The molecule has 36 heavy (non-hydrogen) atoms. The van der Waals surface area contributed by atoms with E-state index in [1.165, 1.54) is 56.4 Å². The molecule has 0 bridgehead atoms. The van der Waals surface area contributed by atoms with E-state index in [1.54, 1.807) is 0 Å². The molecule has 1 aliphatic heterocycles. The fraction of sp³-hybridized carbons (Fsp3) is 0.923. The molecule has 0 aromatic rings. The van der Waals surface area contributed by atoms with E-state index in [1.807, 2.05) is 0 Å². The SMILES string of the molecule is CC1(C)CN(O)CC(C)(C)N1.CCCCN(CCCC)C(=S)[S-].CCCCN(CCCC)C(=S)[S-].[Cu+2]. The summed E-state index contributed by atoms with van der Waals surface area (Å²) < 4.78 is 1.27. The largest absolute Gasteiger partial charge is 2.00 e. The van der Waals surface area contributed by atoms with Crippen molar-refractivity contribution in [2.45, 2.75) is 118 Å². The van der Waals surface area contributed by atoms with Gasteiger partial charge in [-0.3, -0.25) is 0 Å². The van der Waals surface area contributed by atoms with Gasteiger partial charge in [0.1, 0.15) is 0 Å². The van der Waals surface area contributed by atoms with Crippen molar-refractivity contribution in [3.63, 3.8) is 0 Å². The predicted molar refractivity (Wildman–Crippen MR) is 167 cm³/mol. The van der Waals surface area contributed by atoms with Crippen LogP contribution < -0.4 is 5.32 Å². The van der Waals surface area contributed by atoms with Crippen LogP contribution in [0, 0.1) is 0 Å². The molecule has 0 amide bonds. The molecule has 0 saturated carbocycles. The first-order chi connectivity index (χ1) is 16.2. The number of rotatable bonds is 12. The maximum atomic E-state index is 9.37. The molecular formula is C26H54CuN4OS4. The minimum atomic E-state index is 0. The first kappa shape index (κ1) is 41.1. The van der Waals surface area contributed by atoms with Gasteiger partial charge in [0.15, 0.2) is 0 Å². The van der Waals surface area contributed by atoms with Gasteiger partial charge in [-0.25, -0.2) is 0 Å². The molecule has 5 nitrogen and oxygen atoms in total. The normalized spacial score (nSPS) is 15.8. The molecular weight excluding hydrogens is 576 g/mol. The van der Waals surface area contributed by atoms with E-state index < -0.39 is 0 Å². The molecule has 1 rings (SSSR count). The molecule has 0 unspecified atom stereocenters. The van der Waals surface area contributed by atoms with Gasteiger partial charge in [0.2, 0.25) is 0 Å². The summed E-state index contributed by atoms with van der Waals surface area (Å²) >= 11 is 19.9. The summed E-state index contributed by atoms with van der Waals surface area (Å²) in [5.74, 6) is 0. The van der Waals surface area contributed by atoms with E-state index in [4.69, 9.17) is 49.7 Å². The van der Waals surface area contributed by atoms with Crippen LogP contribution in [0.5, 0.6) is 0 Å². The van der Waals surface area contributed by atoms with Crippen LogP contribution in [-0.2, 0) is 42.3 Å². The smallest absolute Gasteiger partial charge is 0.411 e. The number of nitrogens with one attached hydrogen (secondary N) is 1. The van der Waals surface area contributed by atoms with E-state index in [9.17, 15) is 5.21 Å². The number of piperazine rings is 1. The Hall–Kier alpha value is 0.619. The van der Waals surface area contributed by atoms with Crippen LogP contribution in [0.3, 0.4) is 0 Å². The van der Waals surface area contributed by atoms with E-state index in [-0.39, 0.29) is 28.1 Å². The third kappa shape index (κ3) is 23.7. The molecule has 10 heteroatoms. The molecule has 0 spiro atoms. The van der Waals surface area contributed by atoms with Gasteiger partial charge in [-0.15, -0.1) is 0 Å². The zero-order valence-corrected chi connectivity index (χ0v) is 28.3. The van der Waals surface area contributed by atoms with Crippen molar-refractivity contribution < 1.29 is 22.3 Å². The summed E-state index contributed by atoms with van der Waals surface area (Å²) in [6.07, 6.45) is 9.62. The topological polar surface area (TPSA) is 42.0 Å². The van der Waals surface area contributed by atoms with Gasteiger partial charge >= 0.3 is 17.1 Å². The van der Waals surface area contributed by atoms with Crippen molar-refractivity contribution in [2.24, 2.45) is 0 Å². The fourth-order valence-corrected chi connectivity index (χ4v) is 4.68. The Balaban J connectivity index is -0.000000448. The van der Waals surface area contributed by atoms with Crippen molar-refractivity contribution in [3.05, 3.63) is 0 Å². The Morgan fingerprint density at radius 1 is 0.722 bits per heavy atom. The standard InChI is InChI=1S/2C9H19NS2.C8H18N2O.Cu/c2*1-3-5-7-10(9(11)12)8-6-4-2;1-7(2)5-10(11)6-8(3,4)9-7;/h2*3-8H2,1-2H3,(H,11,12);9,11H,5-6H2,1-4H3;/q;;;+2/p-2. The zero-order chi connectivity index (χ0) is 27.5. The summed E-state index contributed by atoms with van der Waals surface area (Å²) in [5.41, 5.74) is 0.0208. The van der Waals surface area contributed by atoms with Gasteiger partial charge < -0.3 is 70.0 Å². The van der Waals surface area contributed by atoms with Crippen LogP contribution in [0.2, 0.25) is 0 Å². The molecule has 1 radical (unpaired) electrons. The monoisotopic (exact) mass is 629 g/mol. The van der Waals surface area contributed by atoms with Gasteiger partial charge in [0.25, 0.3) is 0 Å². The Labute approximate surface area is 256 Å². The van der Waals surface area contributed by atoms with Crippen LogP contribution in [0.1, 0.15) is 107 Å². The molecule has 1 fully saturated rings. The number of unbranched alkanes of at least 4 members (excludes halogenated alkanes) is 4. The molecule has 1 aliphatic rings. The third-order valence-corrected chi connectivity index (χ3v) is 6.51. The Kier molecular flexibility index (Phi) is 26.8. The van der Waals surface area contributed by atoms with Gasteiger partial charge in [-0.2, -0.15) is 5.06 Å². The number of hydroxylamine groups is 2. The second-order valence-electron chi connectivity index (χ2n) is 10.6. The van der Waals surface area contributed by atoms with Gasteiger partial charge in [0.05, 0.1) is 0 Å². The van der Waals surface area contributed by atoms with Crippen LogP contribution in [-0.4, -0.2) is 79.1 Å².